The van der Waals surface area contributed by atoms with Gasteiger partial charge in [-0.2, -0.15) is 5.10 Å². The van der Waals surface area contributed by atoms with E-state index < -0.39 is 0 Å². The Hall–Kier alpha value is -2.30. The van der Waals surface area contributed by atoms with Crippen molar-refractivity contribution >= 4 is 11.6 Å². The van der Waals surface area contributed by atoms with Crippen LogP contribution in [0.3, 0.4) is 0 Å². The molecule has 5 nitrogen and oxygen atoms in total. The summed E-state index contributed by atoms with van der Waals surface area (Å²) >= 11 is 0. The summed E-state index contributed by atoms with van der Waals surface area (Å²) in [5.74, 6) is -0.0369. The number of benzene rings is 1. The lowest BCUT2D eigenvalue weighted by Gasteiger charge is -2.04. The number of hydrogen-bond donors (Lipinski definition) is 3. The predicted octanol–water partition coefficient (Wildman–Crippen LogP) is 0.851. The summed E-state index contributed by atoms with van der Waals surface area (Å²) in [6, 6.07) is 9.14. The molecule has 5 heteroatoms. The highest BCUT2D eigenvalue weighted by atomic mass is 16.1. The van der Waals surface area contributed by atoms with Gasteiger partial charge in [0.25, 0.3) is 0 Å². The van der Waals surface area contributed by atoms with E-state index in [4.69, 9.17) is 5.73 Å². The van der Waals surface area contributed by atoms with Crippen LogP contribution in [0.15, 0.2) is 36.5 Å². The second-order valence-electron chi connectivity index (χ2n) is 3.78. The third-order valence-electron chi connectivity index (χ3n) is 2.35. The van der Waals surface area contributed by atoms with E-state index in [2.05, 4.69) is 15.5 Å². The summed E-state index contributed by atoms with van der Waals surface area (Å²) in [4.78, 5) is 11.6. The maximum Gasteiger partial charge on any atom is 0.224 e. The number of H-pyrrole nitrogens is 1. The molecule has 4 N–H and O–H groups in total. The van der Waals surface area contributed by atoms with Crippen molar-refractivity contribution in [1.82, 2.24) is 15.5 Å². The number of nitrogen functional groups attached to an aromatic ring is 1. The first-order valence-corrected chi connectivity index (χ1v) is 5.33. The van der Waals surface area contributed by atoms with Crippen molar-refractivity contribution in [3.8, 4) is 0 Å². The normalized spacial score (nSPS) is 10.1. The molecule has 1 aromatic heterocycles. The molecule has 0 bridgehead atoms. The Morgan fingerprint density at radius 2 is 2.29 bits per heavy atom. The molecule has 0 spiro atoms. The molecule has 0 aliphatic carbocycles. The fourth-order valence-electron chi connectivity index (χ4n) is 1.53. The van der Waals surface area contributed by atoms with E-state index in [1.165, 1.54) is 0 Å². The van der Waals surface area contributed by atoms with Crippen LogP contribution in [0.1, 0.15) is 11.3 Å². The molecule has 0 atom stereocenters. The molecule has 1 heterocycles. The van der Waals surface area contributed by atoms with Gasteiger partial charge in [0.15, 0.2) is 0 Å². The summed E-state index contributed by atoms with van der Waals surface area (Å²) in [5, 5.41) is 9.39. The number of aromatic nitrogens is 2. The van der Waals surface area contributed by atoms with Gasteiger partial charge >= 0.3 is 0 Å². The fraction of sp³-hybridized carbons (Fsp3) is 0.167. The van der Waals surface area contributed by atoms with Crippen molar-refractivity contribution in [2.24, 2.45) is 0 Å². The summed E-state index contributed by atoms with van der Waals surface area (Å²) < 4.78 is 0. The van der Waals surface area contributed by atoms with Crippen LogP contribution in [0.5, 0.6) is 0 Å². The molecule has 1 aromatic carbocycles. The molecule has 2 rings (SSSR count). The Labute approximate surface area is 99.0 Å². The molecular formula is C12H14N4O. The number of aromatic amines is 1. The molecule has 0 unspecified atom stereocenters. The zero-order valence-corrected chi connectivity index (χ0v) is 9.31. The lowest BCUT2D eigenvalue weighted by Crippen LogP contribution is -2.24. The molecule has 0 saturated heterocycles. The molecule has 0 fully saturated rings. The van der Waals surface area contributed by atoms with E-state index >= 15 is 0 Å². The van der Waals surface area contributed by atoms with Crippen LogP contribution in [0.4, 0.5) is 5.69 Å². The third-order valence-corrected chi connectivity index (χ3v) is 2.35. The first-order valence-electron chi connectivity index (χ1n) is 5.33. The van der Waals surface area contributed by atoms with Crippen molar-refractivity contribution in [3.05, 3.63) is 47.8 Å². The molecule has 0 aliphatic rings. The number of nitrogens with one attached hydrogen (secondary N) is 2. The van der Waals surface area contributed by atoms with Crippen LogP contribution in [-0.4, -0.2) is 16.1 Å². The van der Waals surface area contributed by atoms with Crippen molar-refractivity contribution in [2.45, 2.75) is 13.0 Å². The summed E-state index contributed by atoms with van der Waals surface area (Å²) in [7, 11) is 0. The molecule has 88 valence electrons. The standard InChI is InChI=1S/C12H14N4O/c13-10-3-1-2-9(6-10)7-12(17)14-8-11-4-5-15-16-11/h1-6H,7-8,13H2,(H,14,17)(H,15,16). The van der Waals surface area contributed by atoms with E-state index in [-0.39, 0.29) is 5.91 Å². The Morgan fingerprint density at radius 1 is 1.41 bits per heavy atom. The third kappa shape index (κ3) is 3.34. The summed E-state index contributed by atoms with van der Waals surface area (Å²) in [5.41, 5.74) is 8.10. The lowest BCUT2D eigenvalue weighted by atomic mass is 10.1. The number of amides is 1. The maximum atomic E-state index is 11.6. The lowest BCUT2D eigenvalue weighted by molar-refractivity contribution is -0.120. The van der Waals surface area contributed by atoms with Crippen molar-refractivity contribution in [2.75, 3.05) is 5.73 Å². The van der Waals surface area contributed by atoms with E-state index in [1.54, 1.807) is 18.3 Å². The number of rotatable bonds is 4. The Balaban J connectivity index is 1.85. The largest absolute Gasteiger partial charge is 0.399 e. The quantitative estimate of drug-likeness (QED) is 0.681. The zero-order valence-electron chi connectivity index (χ0n) is 9.31. The summed E-state index contributed by atoms with van der Waals surface area (Å²) in [6.45, 7) is 0.459. The van der Waals surface area contributed by atoms with E-state index in [9.17, 15) is 4.79 Å². The van der Waals surface area contributed by atoms with Gasteiger partial charge in [-0.3, -0.25) is 9.89 Å². The minimum absolute atomic E-state index is 0.0369. The molecular weight excluding hydrogens is 216 g/mol. The van der Waals surface area contributed by atoms with Crippen LogP contribution >= 0.6 is 0 Å². The average molecular weight is 230 g/mol. The maximum absolute atomic E-state index is 11.6. The highest BCUT2D eigenvalue weighted by Crippen LogP contribution is 2.07. The van der Waals surface area contributed by atoms with Gasteiger partial charge in [0, 0.05) is 11.9 Å². The molecule has 0 saturated carbocycles. The van der Waals surface area contributed by atoms with Gasteiger partial charge in [-0.05, 0) is 23.8 Å². The SMILES string of the molecule is Nc1cccc(CC(=O)NCc2ccn[nH]2)c1. The number of carbonyl (C=O) groups excluding carboxylic acids is 1. The topological polar surface area (TPSA) is 83.8 Å². The van der Waals surface area contributed by atoms with Gasteiger partial charge in [0.05, 0.1) is 18.7 Å². The predicted molar refractivity (Wildman–Crippen MR) is 65.0 cm³/mol. The molecule has 2 aromatic rings. The Morgan fingerprint density at radius 3 is 3.00 bits per heavy atom. The summed E-state index contributed by atoms with van der Waals surface area (Å²) in [6.07, 6.45) is 1.98. The number of carbonyl (C=O) groups is 1. The smallest absolute Gasteiger partial charge is 0.224 e. The minimum atomic E-state index is -0.0369. The highest BCUT2D eigenvalue weighted by Gasteiger charge is 2.03. The molecule has 17 heavy (non-hydrogen) atoms. The van der Waals surface area contributed by atoms with Gasteiger partial charge in [0.2, 0.25) is 5.91 Å². The van der Waals surface area contributed by atoms with Gasteiger partial charge in [0.1, 0.15) is 0 Å². The van der Waals surface area contributed by atoms with E-state index in [0.29, 0.717) is 18.7 Å². The number of hydrogen-bond acceptors (Lipinski definition) is 3. The fourth-order valence-corrected chi connectivity index (χ4v) is 1.53. The van der Waals surface area contributed by atoms with Gasteiger partial charge in [-0.1, -0.05) is 12.1 Å². The number of anilines is 1. The van der Waals surface area contributed by atoms with Crippen LogP contribution < -0.4 is 11.1 Å². The van der Waals surface area contributed by atoms with Crippen LogP contribution in [-0.2, 0) is 17.8 Å². The first-order chi connectivity index (χ1) is 8.24. The van der Waals surface area contributed by atoms with Crippen LogP contribution in [0, 0.1) is 0 Å². The van der Waals surface area contributed by atoms with E-state index in [1.807, 2.05) is 18.2 Å². The van der Waals surface area contributed by atoms with Gasteiger partial charge in [-0.15, -0.1) is 0 Å². The van der Waals surface area contributed by atoms with Gasteiger partial charge in [-0.25, -0.2) is 0 Å². The molecule has 0 radical (unpaired) electrons. The minimum Gasteiger partial charge on any atom is -0.399 e. The molecule has 0 aliphatic heterocycles. The van der Waals surface area contributed by atoms with E-state index in [0.717, 1.165) is 11.3 Å². The van der Waals surface area contributed by atoms with Crippen molar-refractivity contribution in [3.63, 3.8) is 0 Å². The second-order valence-corrected chi connectivity index (χ2v) is 3.78. The molecule has 1 amide bonds. The van der Waals surface area contributed by atoms with Crippen molar-refractivity contribution < 1.29 is 4.79 Å². The number of nitrogens with two attached hydrogens (primary N) is 1. The van der Waals surface area contributed by atoms with Crippen molar-refractivity contribution in [1.29, 1.82) is 0 Å². The Kier molecular flexibility index (Phi) is 3.40. The van der Waals surface area contributed by atoms with Crippen LogP contribution in [0.2, 0.25) is 0 Å². The van der Waals surface area contributed by atoms with Crippen LogP contribution in [0.25, 0.3) is 0 Å². The average Bonchev–Trinajstić information content (AvgIpc) is 2.79. The first kappa shape index (κ1) is 11.2. The highest BCUT2D eigenvalue weighted by molar-refractivity contribution is 5.78. The zero-order chi connectivity index (χ0) is 12.1. The second kappa shape index (κ2) is 5.16. The monoisotopic (exact) mass is 230 g/mol. The number of nitrogens with zero attached hydrogens (tertiary/aromatic N) is 1. The Bertz CT molecular complexity index is 493. The van der Waals surface area contributed by atoms with Gasteiger partial charge < -0.3 is 11.1 Å².